The minimum absolute atomic E-state index is 0.376. The van der Waals surface area contributed by atoms with Gasteiger partial charge in [0.1, 0.15) is 12.4 Å². The molecular weight excluding hydrogens is 314 g/mol. The fourth-order valence-corrected chi connectivity index (χ4v) is 2.86. The zero-order valence-corrected chi connectivity index (χ0v) is 14.2. The lowest BCUT2D eigenvalue weighted by molar-refractivity contribution is -0.139. The maximum Gasteiger partial charge on any atom is 0.310 e. The minimum Gasteiger partial charge on any atom is -0.487 e. The molecule has 0 fully saturated rings. The van der Waals surface area contributed by atoms with Crippen molar-refractivity contribution in [2.24, 2.45) is 0 Å². The standard InChI is InChI=1S/C21H21NO3/c1-2-5-19(21(23)24)15-9-12-18(13-10-15)25-14-17-11-8-16-6-3-4-7-20(16)22-17/h3-4,6-13,19H,2,5,14H2,1H3,(H,23,24). The number of aromatic nitrogens is 1. The predicted octanol–water partition coefficient (Wildman–Crippen LogP) is 4.78. The van der Waals surface area contributed by atoms with E-state index in [4.69, 9.17) is 4.74 Å². The highest BCUT2D eigenvalue weighted by molar-refractivity contribution is 5.78. The minimum atomic E-state index is -0.782. The van der Waals surface area contributed by atoms with Gasteiger partial charge in [0.05, 0.1) is 17.1 Å². The molecule has 4 nitrogen and oxygen atoms in total. The monoisotopic (exact) mass is 335 g/mol. The zero-order valence-electron chi connectivity index (χ0n) is 14.2. The molecule has 1 atom stereocenters. The molecule has 3 rings (SSSR count). The molecule has 1 unspecified atom stereocenters. The second kappa shape index (κ2) is 7.79. The lowest BCUT2D eigenvalue weighted by atomic mass is 9.95. The van der Waals surface area contributed by atoms with Crippen LogP contribution in [0.25, 0.3) is 10.9 Å². The number of rotatable bonds is 7. The molecular formula is C21H21NO3. The number of ether oxygens (including phenoxy) is 1. The van der Waals surface area contributed by atoms with Crippen LogP contribution >= 0.6 is 0 Å². The van der Waals surface area contributed by atoms with E-state index in [-0.39, 0.29) is 0 Å². The molecule has 0 saturated heterocycles. The second-order valence-electron chi connectivity index (χ2n) is 6.03. The van der Waals surface area contributed by atoms with Crippen LogP contribution in [0.2, 0.25) is 0 Å². The Labute approximate surface area is 147 Å². The summed E-state index contributed by atoms with van der Waals surface area (Å²) in [6, 6.07) is 19.3. The summed E-state index contributed by atoms with van der Waals surface area (Å²) in [4.78, 5) is 15.9. The Morgan fingerprint density at radius 2 is 1.84 bits per heavy atom. The number of hydrogen-bond acceptors (Lipinski definition) is 3. The van der Waals surface area contributed by atoms with E-state index in [0.717, 1.165) is 28.6 Å². The van der Waals surface area contributed by atoms with Gasteiger partial charge in [-0.25, -0.2) is 4.98 Å². The molecule has 3 aromatic rings. The topological polar surface area (TPSA) is 59.4 Å². The van der Waals surface area contributed by atoms with Gasteiger partial charge in [0.2, 0.25) is 0 Å². The van der Waals surface area contributed by atoms with Crippen molar-refractivity contribution in [3.8, 4) is 5.75 Å². The molecule has 0 aliphatic carbocycles. The molecule has 25 heavy (non-hydrogen) atoms. The van der Waals surface area contributed by atoms with Crippen molar-refractivity contribution in [2.45, 2.75) is 32.3 Å². The predicted molar refractivity (Wildman–Crippen MR) is 97.8 cm³/mol. The third-order valence-corrected chi connectivity index (χ3v) is 4.20. The van der Waals surface area contributed by atoms with Gasteiger partial charge in [0, 0.05) is 5.39 Å². The van der Waals surface area contributed by atoms with Crippen LogP contribution in [0.3, 0.4) is 0 Å². The average molecular weight is 335 g/mol. The highest BCUT2D eigenvalue weighted by Crippen LogP contribution is 2.24. The number of para-hydroxylation sites is 1. The summed E-state index contributed by atoms with van der Waals surface area (Å²) in [7, 11) is 0. The van der Waals surface area contributed by atoms with Crippen LogP contribution in [0.5, 0.6) is 5.75 Å². The Morgan fingerprint density at radius 1 is 1.08 bits per heavy atom. The van der Waals surface area contributed by atoms with Crippen LogP contribution in [-0.4, -0.2) is 16.1 Å². The first-order chi connectivity index (χ1) is 12.2. The van der Waals surface area contributed by atoms with Gasteiger partial charge in [-0.3, -0.25) is 4.79 Å². The molecule has 0 bridgehead atoms. The van der Waals surface area contributed by atoms with Gasteiger partial charge in [-0.15, -0.1) is 0 Å². The SMILES string of the molecule is CCCC(C(=O)O)c1ccc(OCc2ccc3ccccc3n2)cc1. The third kappa shape index (κ3) is 4.15. The van der Waals surface area contributed by atoms with Gasteiger partial charge in [-0.2, -0.15) is 0 Å². The summed E-state index contributed by atoms with van der Waals surface area (Å²) in [6.07, 6.45) is 1.47. The fraction of sp³-hybridized carbons (Fsp3) is 0.238. The van der Waals surface area contributed by atoms with Crippen LogP contribution in [0.15, 0.2) is 60.7 Å². The molecule has 1 heterocycles. The zero-order chi connectivity index (χ0) is 17.6. The molecule has 0 aliphatic rings. The Kier molecular flexibility index (Phi) is 5.29. The Hall–Kier alpha value is -2.88. The summed E-state index contributed by atoms with van der Waals surface area (Å²) < 4.78 is 5.79. The smallest absolute Gasteiger partial charge is 0.310 e. The number of nitrogens with zero attached hydrogens (tertiary/aromatic N) is 1. The molecule has 4 heteroatoms. The lowest BCUT2D eigenvalue weighted by Crippen LogP contribution is -2.11. The number of carboxylic acid groups (broad SMARTS) is 1. The van der Waals surface area contributed by atoms with Gasteiger partial charge in [0.15, 0.2) is 0 Å². The van der Waals surface area contributed by atoms with E-state index in [1.807, 2.05) is 67.6 Å². The third-order valence-electron chi connectivity index (χ3n) is 4.20. The Balaban J connectivity index is 1.67. The van der Waals surface area contributed by atoms with Gasteiger partial charge in [0.25, 0.3) is 0 Å². The molecule has 1 aromatic heterocycles. The van der Waals surface area contributed by atoms with Crippen molar-refractivity contribution in [3.63, 3.8) is 0 Å². The summed E-state index contributed by atoms with van der Waals surface area (Å²) in [5, 5.41) is 10.4. The van der Waals surface area contributed by atoms with Crippen molar-refractivity contribution >= 4 is 16.9 Å². The first kappa shape index (κ1) is 17.0. The van der Waals surface area contributed by atoms with E-state index in [1.165, 1.54) is 0 Å². The van der Waals surface area contributed by atoms with Crippen LogP contribution < -0.4 is 4.74 Å². The number of fused-ring (bicyclic) bond motifs is 1. The molecule has 1 N–H and O–H groups in total. The van der Waals surface area contributed by atoms with Gasteiger partial charge >= 0.3 is 5.97 Å². The van der Waals surface area contributed by atoms with Crippen molar-refractivity contribution < 1.29 is 14.6 Å². The first-order valence-electron chi connectivity index (χ1n) is 8.47. The van der Waals surface area contributed by atoms with Crippen LogP contribution in [-0.2, 0) is 11.4 Å². The van der Waals surface area contributed by atoms with Gasteiger partial charge in [-0.05, 0) is 36.2 Å². The normalized spacial score (nSPS) is 12.0. The van der Waals surface area contributed by atoms with E-state index < -0.39 is 11.9 Å². The molecule has 0 aliphatic heterocycles. The van der Waals surface area contributed by atoms with Crippen molar-refractivity contribution in [2.75, 3.05) is 0 Å². The maximum absolute atomic E-state index is 11.4. The fourth-order valence-electron chi connectivity index (χ4n) is 2.86. The molecule has 2 aromatic carbocycles. The molecule has 128 valence electrons. The van der Waals surface area contributed by atoms with Gasteiger partial charge < -0.3 is 9.84 Å². The maximum atomic E-state index is 11.4. The number of benzene rings is 2. The van der Waals surface area contributed by atoms with Crippen LogP contribution in [0.4, 0.5) is 0 Å². The van der Waals surface area contributed by atoms with E-state index in [0.29, 0.717) is 18.8 Å². The Bertz CT molecular complexity index is 858. The number of pyridine rings is 1. The number of carbonyl (C=O) groups is 1. The number of carboxylic acids is 1. The van der Waals surface area contributed by atoms with Crippen molar-refractivity contribution in [1.82, 2.24) is 4.98 Å². The van der Waals surface area contributed by atoms with Crippen LogP contribution in [0, 0.1) is 0 Å². The van der Waals surface area contributed by atoms with Crippen LogP contribution in [0.1, 0.15) is 36.9 Å². The summed E-state index contributed by atoms with van der Waals surface area (Å²) in [5.74, 6) is -0.531. The molecule has 0 spiro atoms. The molecule has 0 radical (unpaired) electrons. The highest BCUT2D eigenvalue weighted by Gasteiger charge is 2.18. The quantitative estimate of drug-likeness (QED) is 0.675. The summed E-state index contributed by atoms with van der Waals surface area (Å²) in [6.45, 7) is 2.37. The molecule has 0 saturated carbocycles. The number of hydrogen-bond donors (Lipinski definition) is 1. The first-order valence-corrected chi connectivity index (χ1v) is 8.47. The number of aliphatic carboxylic acids is 1. The van der Waals surface area contributed by atoms with Gasteiger partial charge in [-0.1, -0.05) is 49.7 Å². The van der Waals surface area contributed by atoms with Crippen molar-refractivity contribution in [1.29, 1.82) is 0 Å². The molecule has 0 amide bonds. The van der Waals surface area contributed by atoms with E-state index >= 15 is 0 Å². The van der Waals surface area contributed by atoms with E-state index in [2.05, 4.69) is 4.98 Å². The summed E-state index contributed by atoms with van der Waals surface area (Å²) in [5.41, 5.74) is 2.62. The summed E-state index contributed by atoms with van der Waals surface area (Å²) >= 11 is 0. The largest absolute Gasteiger partial charge is 0.487 e. The second-order valence-corrected chi connectivity index (χ2v) is 6.03. The van der Waals surface area contributed by atoms with E-state index in [1.54, 1.807) is 0 Å². The average Bonchev–Trinajstić information content (AvgIpc) is 2.64. The van der Waals surface area contributed by atoms with E-state index in [9.17, 15) is 9.90 Å². The lowest BCUT2D eigenvalue weighted by Gasteiger charge is -2.12. The Morgan fingerprint density at radius 3 is 2.56 bits per heavy atom. The highest BCUT2D eigenvalue weighted by atomic mass is 16.5. The van der Waals surface area contributed by atoms with Crippen molar-refractivity contribution in [3.05, 3.63) is 71.9 Å².